The van der Waals surface area contributed by atoms with Crippen LogP contribution in [0.15, 0.2) is 0 Å². The first kappa shape index (κ1) is 13.3. The molecule has 0 aromatic carbocycles. The van der Waals surface area contributed by atoms with Crippen molar-refractivity contribution in [2.45, 2.75) is 59.5 Å². The van der Waals surface area contributed by atoms with Gasteiger partial charge in [-0.25, -0.2) is 5.14 Å². The van der Waals surface area contributed by atoms with Crippen molar-refractivity contribution in [2.24, 2.45) is 21.4 Å². The zero-order valence-corrected chi connectivity index (χ0v) is 11.9. The number of nitrogens with two attached hydrogens (primary N) is 1. The van der Waals surface area contributed by atoms with Crippen molar-refractivity contribution in [3.05, 3.63) is 0 Å². The van der Waals surface area contributed by atoms with Gasteiger partial charge in [-0.1, -0.05) is 27.7 Å². The van der Waals surface area contributed by atoms with Crippen molar-refractivity contribution in [3.63, 3.8) is 0 Å². The van der Waals surface area contributed by atoms with Crippen molar-refractivity contribution in [1.29, 1.82) is 0 Å². The van der Waals surface area contributed by atoms with Crippen molar-refractivity contribution < 1.29 is 12.6 Å². The molecular formula is C12H23NO3S. The van der Waals surface area contributed by atoms with E-state index in [2.05, 4.69) is 27.7 Å². The Hall–Kier alpha value is -0.130. The van der Waals surface area contributed by atoms with Gasteiger partial charge in [0.15, 0.2) is 0 Å². The molecule has 0 aromatic rings. The average Bonchev–Trinajstić information content (AvgIpc) is 2.46. The molecule has 2 N–H and O–H groups in total. The van der Waals surface area contributed by atoms with E-state index in [4.69, 9.17) is 9.32 Å². The molecule has 2 saturated carbocycles. The normalized spacial score (nSPS) is 30.4. The lowest BCUT2D eigenvalue weighted by Gasteiger charge is -2.31. The summed E-state index contributed by atoms with van der Waals surface area (Å²) in [5.74, 6) is 0. The van der Waals surface area contributed by atoms with E-state index in [0.29, 0.717) is 16.2 Å². The molecular weight excluding hydrogens is 238 g/mol. The Balaban J connectivity index is 2.01. The van der Waals surface area contributed by atoms with Crippen LogP contribution in [0.2, 0.25) is 0 Å². The molecule has 0 amide bonds. The lowest BCUT2D eigenvalue weighted by molar-refractivity contribution is 0.108. The van der Waals surface area contributed by atoms with E-state index >= 15 is 0 Å². The predicted molar refractivity (Wildman–Crippen MR) is 66.4 cm³/mol. The van der Waals surface area contributed by atoms with Crippen LogP contribution in [0.4, 0.5) is 0 Å². The topological polar surface area (TPSA) is 69.4 Å². The minimum Gasteiger partial charge on any atom is -0.255 e. The van der Waals surface area contributed by atoms with Crippen LogP contribution < -0.4 is 5.14 Å². The zero-order chi connectivity index (χ0) is 13.1. The minimum atomic E-state index is -3.80. The summed E-state index contributed by atoms with van der Waals surface area (Å²) in [5, 5.41) is 4.91. The Labute approximate surface area is 104 Å². The van der Waals surface area contributed by atoms with Gasteiger partial charge >= 0.3 is 10.3 Å². The molecule has 0 saturated heterocycles. The highest BCUT2D eigenvalue weighted by molar-refractivity contribution is 7.84. The summed E-state index contributed by atoms with van der Waals surface area (Å²) in [6.45, 7) is 9.25. The van der Waals surface area contributed by atoms with Crippen LogP contribution in [0.5, 0.6) is 0 Å². The Morgan fingerprint density at radius 3 is 1.76 bits per heavy atom. The first-order valence-corrected chi connectivity index (χ1v) is 7.72. The van der Waals surface area contributed by atoms with Crippen molar-refractivity contribution in [1.82, 2.24) is 0 Å². The molecule has 0 atom stereocenters. The lowest BCUT2D eigenvalue weighted by Crippen LogP contribution is -2.30. The molecule has 17 heavy (non-hydrogen) atoms. The summed E-state index contributed by atoms with van der Waals surface area (Å²) < 4.78 is 26.7. The van der Waals surface area contributed by atoms with E-state index in [1.807, 2.05) is 0 Å². The SMILES string of the molecule is CC1(C)C(C)(C)C12CCC(OS(N)(=O)=O)CC2. The lowest BCUT2D eigenvalue weighted by atomic mass is 9.78. The Kier molecular flexibility index (Phi) is 2.70. The largest absolute Gasteiger partial charge is 0.333 e. The third-order valence-corrected chi connectivity index (χ3v) is 6.49. The molecule has 2 aliphatic rings. The maximum absolute atomic E-state index is 10.9. The van der Waals surface area contributed by atoms with E-state index in [9.17, 15) is 8.42 Å². The summed E-state index contributed by atoms with van der Waals surface area (Å²) in [5.41, 5.74) is 1.04. The van der Waals surface area contributed by atoms with Crippen LogP contribution in [0, 0.1) is 16.2 Å². The quantitative estimate of drug-likeness (QED) is 0.828. The third kappa shape index (κ3) is 1.74. The van der Waals surface area contributed by atoms with Gasteiger partial charge in [0.25, 0.3) is 0 Å². The molecule has 0 heterocycles. The highest BCUT2D eigenvalue weighted by Crippen LogP contribution is 2.82. The molecule has 2 rings (SSSR count). The van der Waals surface area contributed by atoms with Gasteiger partial charge in [0.1, 0.15) is 0 Å². The standard InChI is InChI=1S/C12H23NO3S/c1-10(2)11(3,4)12(10)7-5-9(6-8-12)16-17(13,14)15/h9H,5-8H2,1-4H3,(H2,13,14,15). The first-order chi connectivity index (χ1) is 7.54. The Bertz CT molecular complexity index is 401. The van der Waals surface area contributed by atoms with E-state index < -0.39 is 10.3 Å². The van der Waals surface area contributed by atoms with Crippen molar-refractivity contribution >= 4 is 10.3 Å². The number of rotatable bonds is 2. The van der Waals surface area contributed by atoms with E-state index in [-0.39, 0.29) is 6.10 Å². The molecule has 5 heteroatoms. The van der Waals surface area contributed by atoms with Gasteiger partial charge in [-0.2, -0.15) is 8.42 Å². The molecule has 0 aliphatic heterocycles. The van der Waals surface area contributed by atoms with Gasteiger partial charge in [-0.3, -0.25) is 4.18 Å². The Morgan fingerprint density at radius 1 is 1.06 bits per heavy atom. The molecule has 4 nitrogen and oxygen atoms in total. The monoisotopic (exact) mass is 261 g/mol. The smallest absolute Gasteiger partial charge is 0.255 e. The maximum Gasteiger partial charge on any atom is 0.333 e. The van der Waals surface area contributed by atoms with Gasteiger partial charge in [-0.05, 0) is 41.9 Å². The summed E-state index contributed by atoms with van der Waals surface area (Å²) in [6.07, 6.45) is 3.44. The van der Waals surface area contributed by atoms with Gasteiger partial charge in [0, 0.05) is 0 Å². The van der Waals surface area contributed by atoms with Crippen LogP contribution in [0.3, 0.4) is 0 Å². The highest BCUT2D eigenvalue weighted by atomic mass is 32.2. The Morgan fingerprint density at radius 2 is 1.47 bits per heavy atom. The fourth-order valence-electron chi connectivity index (χ4n) is 4.17. The van der Waals surface area contributed by atoms with Crippen LogP contribution >= 0.6 is 0 Å². The van der Waals surface area contributed by atoms with Crippen molar-refractivity contribution in [2.75, 3.05) is 0 Å². The van der Waals surface area contributed by atoms with Crippen molar-refractivity contribution in [3.8, 4) is 0 Å². The van der Waals surface area contributed by atoms with Gasteiger partial charge in [-0.15, -0.1) is 0 Å². The fraction of sp³-hybridized carbons (Fsp3) is 1.00. The molecule has 0 unspecified atom stereocenters. The second kappa shape index (κ2) is 3.45. The summed E-state index contributed by atoms with van der Waals surface area (Å²) in [6, 6.07) is 0. The molecule has 2 aliphatic carbocycles. The van der Waals surface area contributed by atoms with Crippen LogP contribution in [-0.2, 0) is 14.5 Å². The van der Waals surface area contributed by atoms with Crippen LogP contribution in [0.25, 0.3) is 0 Å². The van der Waals surface area contributed by atoms with Gasteiger partial charge in [0.2, 0.25) is 0 Å². The molecule has 2 fully saturated rings. The van der Waals surface area contributed by atoms with Gasteiger partial charge < -0.3 is 0 Å². The molecule has 1 spiro atoms. The molecule has 100 valence electrons. The summed E-state index contributed by atoms with van der Waals surface area (Å²) >= 11 is 0. The van der Waals surface area contributed by atoms with E-state index in [1.165, 1.54) is 0 Å². The first-order valence-electron chi connectivity index (χ1n) is 6.25. The van der Waals surface area contributed by atoms with E-state index in [1.54, 1.807) is 0 Å². The highest BCUT2D eigenvalue weighted by Gasteiger charge is 2.76. The molecule has 0 aromatic heterocycles. The minimum absolute atomic E-state index is 0.220. The second-order valence-electron chi connectivity index (χ2n) is 6.62. The van der Waals surface area contributed by atoms with Crippen LogP contribution in [0.1, 0.15) is 53.4 Å². The summed E-state index contributed by atoms with van der Waals surface area (Å²) in [4.78, 5) is 0. The molecule has 0 radical (unpaired) electrons. The summed E-state index contributed by atoms with van der Waals surface area (Å²) in [7, 11) is -3.80. The average molecular weight is 261 g/mol. The number of hydrogen-bond donors (Lipinski definition) is 1. The predicted octanol–water partition coefficient (Wildman–Crippen LogP) is 2.20. The fourth-order valence-corrected chi connectivity index (χ4v) is 4.74. The second-order valence-corrected chi connectivity index (χ2v) is 7.80. The van der Waals surface area contributed by atoms with Gasteiger partial charge in [0.05, 0.1) is 6.10 Å². The van der Waals surface area contributed by atoms with E-state index in [0.717, 1.165) is 25.7 Å². The maximum atomic E-state index is 10.9. The van der Waals surface area contributed by atoms with Crippen LogP contribution in [-0.4, -0.2) is 14.5 Å². The zero-order valence-electron chi connectivity index (χ0n) is 11.1. The number of hydrogen-bond acceptors (Lipinski definition) is 3. The molecule has 0 bridgehead atoms. The third-order valence-electron chi connectivity index (χ3n) is 5.95.